The maximum Gasteiger partial charge on any atom is 0.192 e. The Balaban J connectivity index is 1.93. The fourth-order valence-electron chi connectivity index (χ4n) is 2.41. The van der Waals surface area contributed by atoms with Crippen LogP contribution in [-0.4, -0.2) is 36.7 Å². The number of methoxy groups -OCH3 is 1. The van der Waals surface area contributed by atoms with Gasteiger partial charge in [-0.25, -0.2) is 0 Å². The number of benzene rings is 2. The van der Waals surface area contributed by atoms with Crippen molar-refractivity contribution in [3.63, 3.8) is 0 Å². The fraction of sp³-hybridized carbons (Fsp3) is 0.316. The molecule has 0 aliphatic carbocycles. The minimum atomic E-state index is -0.638. The standard InChI is InChI=1S/C19H23NO3/c1-14(18(21)15-9-5-3-6-10-15)20-13-17(23-2)19(22)16-11-7-4-8-12-16/h3-12,14,17-18,20-21H,13H2,1-2H3. The van der Waals surface area contributed by atoms with E-state index in [4.69, 9.17) is 4.74 Å². The number of aliphatic hydroxyl groups excluding tert-OH is 1. The summed E-state index contributed by atoms with van der Waals surface area (Å²) in [5, 5.41) is 13.5. The highest BCUT2D eigenvalue weighted by atomic mass is 16.5. The molecule has 0 fully saturated rings. The normalized spacial score (nSPS) is 14.9. The number of rotatable bonds is 8. The molecule has 2 aromatic carbocycles. The number of ketones is 1. The van der Waals surface area contributed by atoms with Gasteiger partial charge >= 0.3 is 0 Å². The topological polar surface area (TPSA) is 58.6 Å². The van der Waals surface area contributed by atoms with E-state index in [1.54, 1.807) is 12.1 Å². The maximum atomic E-state index is 12.4. The zero-order valence-electron chi connectivity index (χ0n) is 13.5. The van der Waals surface area contributed by atoms with E-state index in [1.165, 1.54) is 7.11 Å². The third-order valence-corrected chi connectivity index (χ3v) is 3.88. The predicted molar refractivity (Wildman–Crippen MR) is 90.4 cm³/mol. The Morgan fingerprint density at radius 1 is 1.09 bits per heavy atom. The largest absolute Gasteiger partial charge is 0.387 e. The molecular formula is C19H23NO3. The highest BCUT2D eigenvalue weighted by Gasteiger charge is 2.22. The lowest BCUT2D eigenvalue weighted by atomic mass is 10.0. The summed E-state index contributed by atoms with van der Waals surface area (Å²) in [5.74, 6) is -0.0676. The number of Topliss-reactive ketones (excluding diaryl/α,β-unsaturated/α-hetero) is 1. The molecule has 3 unspecified atom stereocenters. The zero-order valence-corrected chi connectivity index (χ0v) is 13.5. The second-order valence-corrected chi connectivity index (χ2v) is 5.51. The monoisotopic (exact) mass is 313 g/mol. The van der Waals surface area contributed by atoms with Crippen LogP contribution in [0.25, 0.3) is 0 Å². The van der Waals surface area contributed by atoms with Crippen LogP contribution >= 0.6 is 0 Å². The molecule has 0 aliphatic heterocycles. The van der Waals surface area contributed by atoms with Gasteiger partial charge in [0, 0.05) is 25.3 Å². The summed E-state index contributed by atoms with van der Waals surface area (Å²) in [4.78, 5) is 12.4. The molecule has 23 heavy (non-hydrogen) atoms. The minimum absolute atomic E-state index is 0.0676. The van der Waals surface area contributed by atoms with E-state index >= 15 is 0 Å². The molecule has 0 amide bonds. The Kier molecular flexibility index (Phi) is 6.47. The summed E-state index contributed by atoms with van der Waals surface area (Å²) in [7, 11) is 1.52. The summed E-state index contributed by atoms with van der Waals surface area (Å²) in [6, 6.07) is 18.3. The first-order valence-electron chi connectivity index (χ1n) is 7.72. The second kappa shape index (κ2) is 8.58. The lowest BCUT2D eigenvalue weighted by Gasteiger charge is -2.23. The molecule has 0 saturated heterocycles. The van der Waals surface area contributed by atoms with Crippen molar-refractivity contribution < 1.29 is 14.6 Å². The molecule has 0 radical (unpaired) electrons. The molecule has 2 rings (SSSR count). The number of carbonyl (C=O) groups is 1. The van der Waals surface area contributed by atoms with Gasteiger partial charge in [-0.1, -0.05) is 60.7 Å². The number of hydrogen-bond acceptors (Lipinski definition) is 4. The van der Waals surface area contributed by atoms with E-state index in [1.807, 2.05) is 55.5 Å². The van der Waals surface area contributed by atoms with Gasteiger partial charge in [-0.15, -0.1) is 0 Å². The van der Waals surface area contributed by atoms with E-state index in [0.717, 1.165) is 5.56 Å². The van der Waals surface area contributed by atoms with Crippen LogP contribution in [0.5, 0.6) is 0 Å². The molecule has 122 valence electrons. The van der Waals surface area contributed by atoms with Gasteiger partial charge in [-0.05, 0) is 12.5 Å². The Morgan fingerprint density at radius 2 is 1.65 bits per heavy atom. The number of aliphatic hydroxyl groups is 1. The molecular weight excluding hydrogens is 290 g/mol. The van der Waals surface area contributed by atoms with Crippen LogP contribution in [0, 0.1) is 0 Å². The quantitative estimate of drug-likeness (QED) is 0.736. The van der Waals surface area contributed by atoms with Crippen molar-refractivity contribution in [2.45, 2.75) is 25.2 Å². The van der Waals surface area contributed by atoms with Gasteiger partial charge in [0.2, 0.25) is 0 Å². The lowest BCUT2D eigenvalue weighted by Crippen LogP contribution is -2.41. The lowest BCUT2D eigenvalue weighted by molar-refractivity contribution is 0.0564. The van der Waals surface area contributed by atoms with Crippen molar-refractivity contribution in [2.75, 3.05) is 13.7 Å². The van der Waals surface area contributed by atoms with Crippen molar-refractivity contribution in [1.82, 2.24) is 5.32 Å². The fourth-order valence-corrected chi connectivity index (χ4v) is 2.41. The molecule has 0 bridgehead atoms. The Morgan fingerprint density at radius 3 is 2.22 bits per heavy atom. The minimum Gasteiger partial charge on any atom is -0.387 e. The van der Waals surface area contributed by atoms with E-state index in [2.05, 4.69) is 5.32 Å². The van der Waals surface area contributed by atoms with Crippen LogP contribution in [-0.2, 0) is 4.74 Å². The van der Waals surface area contributed by atoms with Crippen LogP contribution in [0.15, 0.2) is 60.7 Å². The van der Waals surface area contributed by atoms with Crippen LogP contribution in [0.4, 0.5) is 0 Å². The molecule has 0 saturated carbocycles. The third-order valence-electron chi connectivity index (χ3n) is 3.88. The number of nitrogens with one attached hydrogen (secondary N) is 1. The van der Waals surface area contributed by atoms with Gasteiger partial charge in [0.15, 0.2) is 5.78 Å². The van der Waals surface area contributed by atoms with E-state index < -0.39 is 12.2 Å². The maximum absolute atomic E-state index is 12.4. The third kappa shape index (κ3) is 4.73. The summed E-state index contributed by atoms with van der Waals surface area (Å²) < 4.78 is 5.31. The van der Waals surface area contributed by atoms with Crippen molar-refractivity contribution in [3.05, 3.63) is 71.8 Å². The summed E-state index contributed by atoms with van der Waals surface area (Å²) in [6.07, 6.45) is -1.22. The first-order chi connectivity index (χ1) is 11.1. The molecule has 0 aromatic heterocycles. The van der Waals surface area contributed by atoms with Crippen LogP contribution in [0.3, 0.4) is 0 Å². The van der Waals surface area contributed by atoms with E-state index in [9.17, 15) is 9.90 Å². The van der Waals surface area contributed by atoms with Gasteiger partial charge < -0.3 is 15.2 Å². The molecule has 0 aliphatic rings. The molecule has 0 spiro atoms. The molecule has 2 N–H and O–H groups in total. The van der Waals surface area contributed by atoms with E-state index in [-0.39, 0.29) is 11.8 Å². The molecule has 2 aromatic rings. The average Bonchev–Trinajstić information content (AvgIpc) is 2.62. The summed E-state index contributed by atoms with van der Waals surface area (Å²) >= 11 is 0. The zero-order chi connectivity index (χ0) is 16.7. The number of ether oxygens (including phenoxy) is 1. The summed E-state index contributed by atoms with van der Waals surface area (Å²) in [5.41, 5.74) is 1.47. The highest BCUT2D eigenvalue weighted by molar-refractivity contribution is 5.99. The van der Waals surface area contributed by atoms with E-state index in [0.29, 0.717) is 12.1 Å². The smallest absolute Gasteiger partial charge is 0.192 e. The second-order valence-electron chi connectivity index (χ2n) is 5.51. The first kappa shape index (κ1) is 17.3. The summed E-state index contributed by atoms with van der Waals surface area (Å²) in [6.45, 7) is 2.23. The van der Waals surface area contributed by atoms with Gasteiger partial charge in [0.05, 0.1) is 6.10 Å². The number of carbonyl (C=O) groups excluding carboxylic acids is 1. The molecule has 4 heteroatoms. The van der Waals surface area contributed by atoms with Crippen molar-refractivity contribution in [3.8, 4) is 0 Å². The van der Waals surface area contributed by atoms with Gasteiger partial charge in [0.25, 0.3) is 0 Å². The van der Waals surface area contributed by atoms with Crippen LogP contribution in [0.1, 0.15) is 28.9 Å². The Bertz CT molecular complexity index is 601. The molecule has 4 nitrogen and oxygen atoms in total. The van der Waals surface area contributed by atoms with Crippen molar-refractivity contribution in [1.29, 1.82) is 0 Å². The first-order valence-corrected chi connectivity index (χ1v) is 7.72. The average molecular weight is 313 g/mol. The number of hydrogen-bond donors (Lipinski definition) is 2. The highest BCUT2D eigenvalue weighted by Crippen LogP contribution is 2.16. The van der Waals surface area contributed by atoms with Gasteiger partial charge in [0.1, 0.15) is 6.10 Å². The SMILES string of the molecule is COC(CNC(C)C(O)c1ccccc1)C(=O)c1ccccc1. The van der Waals surface area contributed by atoms with Crippen molar-refractivity contribution in [2.24, 2.45) is 0 Å². The van der Waals surface area contributed by atoms with Gasteiger partial charge in [-0.2, -0.15) is 0 Å². The van der Waals surface area contributed by atoms with Gasteiger partial charge in [-0.3, -0.25) is 4.79 Å². The van der Waals surface area contributed by atoms with Crippen LogP contribution < -0.4 is 5.32 Å². The Labute approximate surface area is 137 Å². The molecule has 3 atom stereocenters. The van der Waals surface area contributed by atoms with Crippen molar-refractivity contribution >= 4 is 5.78 Å². The van der Waals surface area contributed by atoms with Crippen LogP contribution in [0.2, 0.25) is 0 Å². The molecule has 0 heterocycles. The Hall–Kier alpha value is -2.01. The predicted octanol–water partition coefficient (Wildman–Crippen LogP) is 2.60.